The zero-order valence-electron chi connectivity index (χ0n) is 7.40. The van der Waals surface area contributed by atoms with Crippen LogP contribution in [0.1, 0.15) is 11.1 Å². The van der Waals surface area contributed by atoms with Crippen LogP contribution in [-0.4, -0.2) is 12.0 Å². The summed E-state index contributed by atoms with van der Waals surface area (Å²) < 4.78 is 0. The number of hydrogen-bond donors (Lipinski definition) is 0. The SMILES string of the molecule is Cc1cnc(N(C)N=O)cc1C. The molecule has 0 spiro atoms. The smallest absolute Gasteiger partial charge is 0.151 e. The molecular weight excluding hydrogens is 154 g/mol. The quantitative estimate of drug-likeness (QED) is 0.496. The second-order valence-corrected chi connectivity index (χ2v) is 2.73. The van der Waals surface area contributed by atoms with E-state index in [1.54, 1.807) is 13.2 Å². The Kier molecular flexibility index (Phi) is 2.38. The lowest BCUT2D eigenvalue weighted by atomic mass is 10.2. The van der Waals surface area contributed by atoms with E-state index in [0.717, 1.165) is 11.1 Å². The van der Waals surface area contributed by atoms with Gasteiger partial charge in [-0.15, -0.1) is 4.91 Å². The molecule has 0 radical (unpaired) electrons. The van der Waals surface area contributed by atoms with E-state index in [2.05, 4.69) is 10.3 Å². The van der Waals surface area contributed by atoms with Gasteiger partial charge >= 0.3 is 0 Å². The van der Waals surface area contributed by atoms with Gasteiger partial charge in [-0.1, -0.05) is 0 Å². The van der Waals surface area contributed by atoms with Crippen molar-refractivity contribution in [2.24, 2.45) is 5.29 Å². The summed E-state index contributed by atoms with van der Waals surface area (Å²) in [7, 11) is 1.57. The van der Waals surface area contributed by atoms with Crippen LogP contribution in [0.2, 0.25) is 0 Å². The van der Waals surface area contributed by atoms with Crippen molar-refractivity contribution < 1.29 is 0 Å². The highest BCUT2D eigenvalue weighted by molar-refractivity contribution is 5.41. The Morgan fingerprint density at radius 3 is 2.58 bits per heavy atom. The maximum absolute atomic E-state index is 10.1. The predicted octanol–water partition coefficient (Wildman–Crippen LogP) is 1.82. The average Bonchev–Trinajstić information content (AvgIpc) is 2.08. The molecular formula is C8H11N3O. The van der Waals surface area contributed by atoms with Gasteiger partial charge in [-0.25, -0.2) is 9.99 Å². The molecule has 0 atom stereocenters. The van der Waals surface area contributed by atoms with Crippen LogP contribution >= 0.6 is 0 Å². The third-order valence-corrected chi connectivity index (χ3v) is 1.81. The maximum atomic E-state index is 10.1. The Morgan fingerprint density at radius 1 is 1.42 bits per heavy atom. The first-order valence-electron chi connectivity index (χ1n) is 3.65. The lowest BCUT2D eigenvalue weighted by Gasteiger charge is -2.08. The van der Waals surface area contributed by atoms with Gasteiger partial charge in [0.2, 0.25) is 0 Å². The van der Waals surface area contributed by atoms with Crippen molar-refractivity contribution in [1.82, 2.24) is 4.98 Å². The lowest BCUT2D eigenvalue weighted by Crippen LogP contribution is -2.08. The summed E-state index contributed by atoms with van der Waals surface area (Å²) in [6.45, 7) is 3.94. The summed E-state index contributed by atoms with van der Waals surface area (Å²) in [5, 5.41) is 3.95. The molecule has 0 bridgehead atoms. The number of hydrogen-bond acceptors (Lipinski definition) is 3. The molecule has 0 saturated carbocycles. The van der Waals surface area contributed by atoms with Crippen LogP contribution in [0.15, 0.2) is 17.5 Å². The summed E-state index contributed by atoms with van der Waals surface area (Å²) >= 11 is 0. The van der Waals surface area contributed by atoms with Crippen molar-refractivity contribution in [3.63, 3.8) is 0 Å². The highest BCUT2D eigenvalue weighted by Crippen LogP contribution is 2.13. The van der Waals surface area contributed by atoms with Gasteiger partial charge in [-0.3, -0.25) is 0 Å². The van der Waals surface area contributed by atoms with Gasteiger partial charge in [-0.2, -0.15) is 0 Å². The molecule has 0 saturated heterocycles. The molecule has 0 aromatic carbocycles. The van der Waals surface area contributed by atoms with Crippen LogP contribution in [0.25, 0.3) is 0 Å². The van der Waals surface area contributed by atoms with Crippen molar-refractivity contribution >= 4 is 5.82 Å². The number of rotatable bonds is 2. The van der Waals surface area contributed by atoms with Crippen LogP contribution in [0.5, 0.6) is 0 Å². The molecule has 64 valence electrons. The summed E-state index contributed by atoms with van der Waals surface area (Å²) in [4.78, 5) is 14.2. The molecule has 1 rings (SSSR count). The highest BCUT2D eigenvalue weighted by atomic mass is 16.3. The molecule has 1 aromatic rings. The monoisotopic (exact) mass is 165 g/mol. The Morgan fingerprint density at radius 2 is 2.08 bits per heavy atom. The lowest BCUT2D eigenvalue weighted by molar-refractivity contribution is 0.960. The van der Waals surface area contributed by atoms with Crippen molar-refractivity contribution in [2.45, 2.75) is 13.8 Å². The van der Waals surface area contributed by atoms with Gasteiger partial charge in [0.15, 0.2) is 5.82 Å². The Balaban J connectivity index is 3.04. The van der Waals surface area contributed by atoms with E-state index in [9.17, 15) is 4.91 Å². The molecule has 0 aliphatic rings. The van der Waals surface area contributed by atoms with E-state index in [4.69, 9.17) is 0 Å². The molecule has 1 aromatic heterocycles. The first-order valence-corrected chi connectivity index (χ1v) is 3.65. The Bertz CT molecular complexity index is 298. The molecule has 0 N–H and O–H groups in total. The van der Waals surface area contributed by atoms with E-state index in [-0.39, 0.29) is 0 Å². The minimum absolute atomic E-state index is 0.577. The van der Waals surface area contributed by atoms with Crippen LogP contribution in [0.3, 0.4) is 0 Å². The second kappa shape index (κ2) is 3.30. The molecule has 4 heteroatoms. The fourth-order valence-corrected chi connectivity index (χ4v) is 0.828. The Labute approximate surface area is 71.2 Å². The second-order valence-electron chi connectivity index (χ2n) is 2.73. The number of nitroso groups, excluding NO2 is 1. The molecule has 12 heavy (non-hydrogen) atoms. The van der Waals surface area contributed by atoms with Crippen LogP contribution in [-0.2, 0) is 0 Å². The first-order chi connectivity index (χ1) is 5.65. The summed E-state index contributed by atoms with van der Waals surface area (Å²) in [5.41, 5.74) is 2.22. The van der Waals surface area contributed by atoms with Gasteiger partial charge in [0.1, 0.15) is 0 Å². The molecule has 1 heterocycles. The fourth-order valence-electron chi connectivity index (χ4n) is 0.828. The molecule has 0 unspecified atom stereocenters. The summed E-state index contributed by atoms with van der Waals surface area (Å²) in [5.74, 6) is 0.577. The largest absolute Gasteiger partial charge is 0.237 e. The van der Waals surface area contributed by atoms with E-state index < -0.39 is 0 Å². The molecule has 0 aliphatic heterocycles. The van der Waals surface area contributed by atoms with E-state index in [1.165, 1.54) is 5.01 Å². The minimum Gasteiger partial charge on any atom is -0.237 e. The van der Waals surface area contributed by atoms with Crippen LogP contribution < -0.4 is 5.01 Å². The van der Waals surface area contributed by atoms with Gasteiger partial charge in [-0.05, 0) is 31.0 Å². The highest BCUT2D eigenvalue weighted by Gasteiger charge is 2.02. The third kappa shape index (κ3) is 1.58. The van der Waals surface area contributed by atoms with E-state index in [0.29, 0.717) is 5.82 Å². The van der Waals surface area contributed by atoms with E-state index >= 15 is 0 Å². The van der Waals surface area contributed by atoms with Crippen molar-refractivity contribution in [2.75, 3.05) is 12.1 Å². The maximum Gasteiger partial charge on any atom is 0.151 e. The fraction of sp³-hybridized carbons (Fsp3) is 0.375. The number of aryl methyl sites for hydroxylation is 2. The zero-order valence-corrected chi connectivity index (χ0v) is 7.40. The van der Waals surface area contributed by atoms with Gasteiger partial charge in [0, 0.05) is 13.2 Å². The number of nitrogens with zero attached hydrogens (tertiary/aromatic N) is 3. The summed E-state index contributed by atoms with van der Waals surface area (Å²) in [6, 6.07) is 1.83. The molecule has 0 aliphatic carbocycles. The third-order valence-electron chi connectivity index (χ3n) is 1.81. The predicted molar refractivity (Wildman–Crippen MR) is 47.9 cm³/mol. The standard InChI is InChI=1S/C8H11N3O/c1-6-4-8(11(3)10-12)9-5-7(6)2/h4-5H,1-3H3. The van der Waals surface area contributed by atoms with Gasteiger partial charge in [0.25, 0.3) is 0 Å². The van der Waals surface area contributed by atoms with Gasteiger partial charge in [0.05, 0.1) is 5.29 Å². The zero-order chi connectivity index (χ0) is 9.14. The normalized spacial score (nSPS) is 9.58. The van der Waals surface area contributed by atoms with Gasteiger partial charge < -0.3 is 0 Å². The number of pyridine rings is 1. The topological polar surface area (TPSA) is 45.6 Å². The number of anilines is 1. The summed E-state index contributed by atoms with van der Waals surface area (Å²) in [6.07, 6.45) is 1.73. The van der Waals surface area contributed by atoms with Crippen LogP contribution in [0.4, 0.5) is 5.82 Å². The van der Waals surface area contributed by atoms with Crippen molar-refractivity contribution in [3.8, 4) is 0 Å². The first kappa shape index (κ1) is 8.64. The van der Waals surface area contributed by atoms with Crippen molar-refractivity contribution in [1.29, 1.82) is 0 Å². The number of aromatic nitrogens is 1. The van der Waals surface area contributed by atoms with E-state index in [1.807, 2.05) is 19.9 Å². The molecule has 0 fully saturated rings. The van der Waals surface area contributed by atoms with Crippen molar-refractivity contribution in [3.05, 3.63) is 28.3 Å². The molecule has 4 nitrogen and oxygen atoms in total. The average molecular weight is 165 g/mol. The Hall–Kier alpha value is -1.45. The molecule has 0 amide bonds. The minimum atomic E-state index is 0.577. The van der Waals surface area contributed by atoms with Crippen LogP contribution in [0, 0.1) is 18.8 Å².